The second kappa shape index (κ2) is 9.28. The third-order valence-electron chi connectivity index (χ3n) is 4.63. The van der Waals surface area contributed by atoms with Gasteiger partial charge in [-0.1, -0.05) is 31.9 Å². The summed E-state index contributed by atoms with van der Waals surface area (Å²) in [5.41, 5.74) is 1.86. The first-order valence-corrected chi connectivity index (χ1v) is 9.51. The van der Waals surface area contributed by atoms with Crippen LogP contribution in [0.25, 0.3) is 11.0 Å². The number of para-hydroxylation sites is 2. The highest BCUT2D eigenvalue weighted by Gasteiger charge is 2.29. The summed E-state index contributed by atoms with van der Waals surface area (Å²) in [6, 6.07) is 9.65. The van der Waals surface area contributed by atoms with Gasteiger partial charge in [-0.15, -0.1) is 0 Å². The van der Waals surface area contributed by atoms with E-state index in [9.17, 15) is 10.1 Å². The van der Waals surface area contributed by atoms with E-state index in [-0.39, 0.29) is 5.91 Å². The number of fused-ring (bicyclic) bond motifs is 1. The summed E-state index contributed by atoms with van der Waals surface area (Å²) in [7, 11) is 0. The Morgan fingerprint density at radius 2 is 1.96 bits per heavy atom. The van der Waals surface area contributed by atoms with Crippen molar-refractivity contribution in [3.63, 3.8) is 0 Å². The van der Waals surface area contributed by atoms with Gasteiger partial charge in [0.2, 0.25) is 5.91 Å². The first kappa shape index (κ1) is 19.1. The van der Waals surface area contributed by atoms with Crippen LogP contribution in [0.3, 0.4) is 0 Å². The van der Waals surface area contributed by atoms with Gasteiger partial charge < -0.3 is 15.0 Å². The highest BCUT2D eigenvalue weighted by atomic mass is 16.5. The maximum Gasteiger partial charge on any atom is 0.243 e. The first-order valence-electron chi connectivity index (χ1n) is 9.51. The molecule has 1 aromatic carbocycles. The lowest BCUT2D eigenvalue weighted by atomic mass is 10.0. The molecule has 27 heavy (non-hydrogen) atoms. The fourth-order valence-electron chi connectivity index (χ4n) is 3.14. The number of carbonyl (C=O) groups is 1. The second-order valence-corrected chi connectivity index (χ2v) is 6.58. The lowest BCUT2D eigenvalue weighted by molar-refractivity contribution is -0.121. The van der Waals surface area contributed by atoms with Gasteiger partial charge in [-0.25, -0.2) is 9.97 Å². The summed E-state index contributed by atoms with van der Waals surface area (Å²) >= 11 is 0. The van der Waals surface area contributed by atoms with Gasteiger partial charge in [-0.2, -0.15) is 5.26 Å². The van der Waals surface area contributed by atoms with Crippen molar-refractivity contribution in [2.75, 3.05) is 37.7 Å². The molecule has 0 unspecified atom stereocenters. The Bertz CT molecular complexity index is 827. The van der Waals surface area contributed by atoms with Crippen LogP contribution in [0.15, 0.2) is 24.3 Å². The Morgan fingerprint density at radius 3 is 2.63 bits per heavy atom. The molecule has 1 aliphatic heterocycles. The van der Waals surface area contributed by atoms with Gasteiger partial charge in [0.05, 0.1) is 30.3 Å². The quantitative estimate of drug-likeness (QED) is 0.756. The van der Waals surface area contributed by atoms with Gasteiger partial charge in [-0.05, 0) is 18.6 Å². The summed E-state index contributed by atoms with van der Waals surface area (Å²) in [4.78, 5) is 24.1. The van der Waals surface area contributed by atoms with E-state index in [1.165, 1.54) is 0 Å². The van der Waals surface area contributed by atoms with Gasteiger partial charge >= 0.3 is 0 Å². The first-order chi connectivity index (χ1) is 13.2. The maximum absolute atomic E-state index is 12.7. The van der Waals surface area contributed by atoms with E-state index in [4.69, 9.17) is 9.72 Å². The van der Waals surface area contributed by atoms with Crippen LogP contribution in [0, 0.1) is 11.3 Å². The van der Waals surface area contributed by atoms with E-state index >= 15 is 0 Å². The van der Waals surface area contributed by atoms with Crippen LogP contribution < -0.4 is 10.2 Å². The van der Waals surface area contributed by atoms with Crippen LogP contribution >= 0.6 is 0 Å². The summed E-state index contributed by atoms with van der Waals surface area (Å²) in [5, 5.41) is 12.6. The Hall–Kier alpha value is -2.72. The number of morpholine rings is 1. The van der Waals surface area contributed by atoms with Crippen LogP contribution in [0.1, 0.15) is 37.8 Å². The molecule has 0 aliphatic carbocycles. The number of unbranched alkanes of at least 4 members (excludes halogenated alkanes) is 2. The minimum absolute atomic E-state index is 0.312. The average molecular weight is 367 g/mol. The Balaban J connectivity index is 1.94. The summed E-state index contributed by atoms with van der Waals surface area (Å²) in [6.07, 6.45) is 3.03. The minimum atomic E-state index is -0.985. The largest absolute Gasteiger partial charge is 0.378 e. The molecule has 1 aromatic heterocycles. The lowest BCUT2D eigenvalue weighted by Gasteiger charge is -2.29. The number of amides is 1. The number of ether oxygens (including phenoxy) is 1. The number of nitriles is 1. The molecule has 142 valence electrons. The van der Waals surface area contributed by atoms with Gasteiger partial charge in [0, 0.05) is 19.6 Å². The summed E-state index contributed by atoms with van der Waals surface area (Å²) < 4.78 is 5.42. The zero-order valence-electron chi connectivity index (χ0n) is 15.6. The molecule has 0 spiro atoms. The van der Waals surface area contributed by atoms with Crippen molar-refractivity contribution in [2.45, 2.75) is 32.1 Å². The molecular formula is C20H25N5O2. The predicted octanol–water partition coefficient (Wildman–Crippen LogP) is 2.38. The van der Waals surface area contributed by atoms with E-state index in [2.05, 4.69) is 23.3 Å². The smallest absolute Gasteiger partial charge is 0.243 e. The van der Waals surface area contributed by atoms with Crippen LogP contribution in [0.4, 0.5) is 5.82 Å². The third kappa shape index (κ3) is 4.52. The fourth-order valence-corrected chi connectivity index (χ4v) is 3.14. The van der Waals surface area contributed by atoms with Gasteiger partial charge in [-0.3, -0.25) is 4.79 Å². The van der Waals surface area contributed by atoms with Crippen molar-refractivity contribution >= 4 is 22.8 Å². The van der Waals surface area contributed by atoms with Crippen molar-refractivity contribution in [3.05, 3.63) is 30.0 Å². The molecular weight excluding hydrogens is 342 g/mol. The molecule has 0 radical (unpaired) electrons. The molecule has 1 aliphatic rings. The van der Waals surface area contributed by atoms with Gasteiger partial charge in [0.15, 0.2) is 11.7 Å². The van der Waals surface area contributed by atoms with Crippen molar-refractivity contribution in [2.24, 2.45) is 0 Å². The number of hydrogen-bond acceptors (Lipinski definition) is 6. The molecule has 2 heterocycles. The Labute approximate surface area is 159 Å². The zero-order chi connectivity index (χ0) is 19.1. The second-order valence-electron chi connectivity index (χ2n) is 6.58. The van der Waals surface area contributed by atoms with Crippen LogP contribution in [0.5, 0.6) is 0 Å². The molecule has 7 nitrogen and oxygen atoms in total. The van der Waals surface area contributed by atoms with E-state index in [0.29, 0.717) is 49.9 Å². The standard InChI is InChI=1S/C20H25N5O2/c1-2-3-6-9-22-20(26)15(14-21)18-19(25-10-12-27-13-11-25)24-17-8-5-4-7-16(17)23-18/h4-5,7-8,15H,2-3,6,9-13H2,1H3,(H,22,26)/t15-/m1/s1. The lowest BCUT2D eigenvalue weighted by Crippen LogP contribution is -2.39. The van der Waals surface area contributed by atoms with E-state index in [0.717, 1.165) is 24.8 Å². The molecule has 1 amide bonds. The SMILES string of the molecule is CCCCCNC(=O)[C@H](C#N)c1nc2ccccc2nc1N1CCOCC1. The molecule has 1 saturated heterocycles. The van der Waals surface area contributed by atoms with E-state index in [1.54, 1.807) is 0 Å². The number of hydrogen-bond donors (Lipinski definition) is 1. The van der Waals surface area contributed by atoms with Crippen molar-refractivity contribution in [3.8, 4) is 6.07 Å². The summed E-state index contributed by atoms with van der Waals surface area (Å²) in [5.74, 6) is -0.693. The molecule has 1 fully saturated rings. The number of aromatic nitrogens is 2. The Morgan fingerprint density at radius 1 is 1.26 bits per heavy atom. The number of nitrogens with zero attached hydrogens (tertiary/aromatic N) is 4. The third-order valence-corrected chi connectivity index (χ3v) is 4.63. The number of rotatable bonds is 7. The molecule has 0 saturated carbocycles. The van der Waals surface area contributed by atoms with Crippen molar-refractivity contribution in [1.29, 1.82) is 5.26 Å². The summed E-state index contributed by atoms with van der Waals surface area (Å²) in [6.45, 7) is 5.19. The molecule has 1 atom stereocenters. The minimum Gasteiger partial charge on any atom is -0.378 e. The van der Waals surface area contributed by atoms with Crippen LogP contribution in [-0.4, -0.2) is 48.7 Å². The number of benzene rings is 1. The highest BCUT2D eigenvalue weighted by molar-refractivity contribution is 5.88. The van der Waals surface area contributed by atoms with Crippen molar-refractivity contribution < 1.29 is 9.53 Å². The van der Waals surface area contributed by atoms with Crippen LogP contribution in [0.2, 0.25) is 0 Å². The van der Waals surface area contributed by atoms with Crippen LogP contribution in [-0.2, 0) is 9.53 Å². The maximum atomic E-state index is 12.7. The Kier molecular flexibility index (Phi) is 6.55. The molecule has 1 N–H and O–H groups in total. The predicted molar refractivity (Wildman–Crippen MR) is 103 cm³/mol. The topological polar surface area (TPSA) is 91.1 Å². The monoisotopic (exact) mass is 367 g/mol. The average Bonchev–Trinajstić information content (AvgIpc) is 2.72. The molecule has 2 aromatic rings. The van der Waals surface area contributed by atoms with E-state index in [1.807, 2.05) is 29.2 Å². The fraction of sp³-hybridized carbons (Fsp3) is 0.500. The van der Waals surface area contributed by atoms with E-state index < -0.39 is 5.92 Å². The number of carbonyl (C=O) groups excluding carboxylic acids is 1. The van der Waals surface area contributed by atoms with Crippen molar-refractivity contribution in [1.82, 2.24) is 15.3 Å². The molecule has 7 heteroatoms. The van der Waals surface area contributed by atoms with Gasteiger partial charge in [0.25, 0.3) is 0 Å². The van der Waals surface area contributed by atoms with Gasteiger partial charge in [0.1, 0.15) is 5.69 Å². The normalized spacial score (nSPS) is 15.3. The molecule has 0 bridgehead atoms. The highest BCUT2D eigenvalue weighted by Crippen LogP contribution is 2.27. The zero-order valence-corrected chi connectivity index (χ0v) is 15.6. The number of nitrogens with one attached hydrogen (secondary N) is 1. The molecule has 3 rings (SSSR count). The number of anilines is 1.